The summed E-state index contributed by atoms with van der Waals surface area (Å²) in [6.45, 7) is 2.11. The van der Waals surface area contributed by atoms with Gasteiger partial charge < -0.3 is 10.2 Å². The number of rotatable bonds is 7. The highest BCUT2D eigenvalue weighted by atomic mass is 32.1. The number of piperidine rings is 1. The molecular formula is C26H26N6O2S. The Hall–Kier alpha value is -3.85. The summed E-state index contributed by atoms with van der Waals surface area (Å²) in [7, 11) is 0. The number of carbonyl (C=O) groups excluding carboxylic acids is 1. The van der Waals surface area contributed by atoms with Gasteiger partial charge in [0.2, 0.25) is 5.91 Å². The van der Waals surface area contributed by atoms with Crippen molar-refractivity contribution in [1.29, 1.82) is 0 Å². The van der Waals surface area contributed by atoms with Crippen LogP contribution in [0.1, 0.15) is 12.8 Å². The maximum atomic E-state index is 12.9. The number of anilines is 1. The monoisotopic (exact) mass is 486 g/mol. The molecule has 1 aliphatic rings. The van der Waals surface area contributed by atoms with Gasteiger partial charge in [0, 0.05) is 31.3 Å². The fraction of sp³-hybridized carbons (Fsp3) is 0.269. The van der Waals surface area contributed by atoms with Crippen LogP contribution in [-0.2, 0) is 11.3 Å². The first-order valence-electron chi connectivity index (χ1n) is 11.7. The Labute approximate surface area is 207 Å². The number of hydrogen-bond acceptors (Lipinski definition) is 7. The van der Waals surface area contributed by atoms with E-state index in [-0.39, 0.29) is 17.4 Å². The van der Waals surface area contributed by atoms with Gasteiger partial charge in [0.05, 0.1) is 23.0 Å². The van der Waals surface area contributed by atoms with Gasteiger partial charge in [0.25, 0.3) is 5.56 Å². The van der Waals surface area contributed by atoms with E-state index in [0.29, 0.717) is 19.6 Å². The first kappa shape index (κ1) is 22.9. The lowest BCUT2D eigenvalue weighted by Gasteiger charge is -2.32. The Morgan fingerprint density at radius 1 is 1.00 bits per heavy atom. The molecule has 4 aromatic rings. The molecule has 1 aromatic carbocycles. The first-order valence-corrected chi connectivity index (χ1v) is 12.6. The first-order chi connectivity index (χ1) is 17.2. The molecule has 0 spiro atoms. The Kier molecular flexibility index (Phi) is 6.94. The zero-order valence-corrected chi connectivity index (χ0v) is 20.0. The topological polar surface area (TPSA) is 93.0 Å². The number of hydrogen-bond donors (Lipinski definition) is 1. The lowest BCUT2D eigenvalue weighted by atomic mass is 9.97. The van der Waals surface area contributed by atoms with E-state index in [1.165, 1.54) is 10.7 Å². The molecule has 5 rings (SSSR count). The Morgan fingerprint density at radius 2 is 1.86 bits per heavy atom. The molecular weight excluding hydrogens is 460 g/mol. The SMILES string of the molecule is O=C(NCCn1nc(-c2ccccc2)ccc1=O)C1CCCN(c2ccc(-c3cccs3)nn2)C1. The van der Waals surface area contributed by atoms with Crippen molar-refractivity contribution in [3.63, 3.8) is 0 Å². The van der Waals surface area contributed by atoms with E-state index in [0.717, 1.165) is 47.0 Å². The highest BCUT2D eigenvalue weighted by Crippen LogP contribution is 2.25. The number of carbonyl (C=O) groups is 1. The minimum absolute atomic E-state index is 0.00914. The van der Waals surface area contributed by atoms with E-state index in [1.54, 1.807) is 17.4 Å². The fourth-order valence-corrected chi connectivity index (χ4v) is 4.94. The predicted octanol–water partition coefficient (Wildman–Crippen LogP) is 3.46. The van der Waals surface area contributed by atoms with Gasteiger partial charge in [-0.05, 0) is 42.5 Å². The van der Waals surface area contributed by atoms with Gasteiger partial charge >= 0.3 is 0 Å². The molecule has 0 aliphatic carbocycles. The van der Waals surface area contributed by atoms with Crippen LogP contribution in [0.4, 0.5) is 5.82 Å². The minimum atomic E-state index is -0.188. The van der Waals surface area contributed by atoms with Crippen molar-refractivity contribution in [1.82, 2.24) is 25.3 Å². The molecule has 9 heteroatoms. The van der Waals surface area contributed by atoms with Crippen molar-refractivity contribution in [3.8, 4) is 21.8 Å². The van der Waals surface area contributed by atoms with Crippen LogP contribution in [0.2, 0.25) is 0 Å². The Balaban J connectivity index is 1.17. The molecule has 1 amide bonds. The summed E-state index contributed by atoms with van der Waals surface area (Å²) >= 11 is 1.63. The number of nitrogens with one attached hydrogen (secondary N) is 1. The van der Waals surface area contributed by atoms with Gasteiger partial charge in [-0.2, -0.15) is 5.10 Å². The van der Waals surface area contributed by atoms with Crippen molar-refractivity contribution in [2.45, 2.75) is 19.4 Å². The zero-order valence-electron chi connectivity index (χ0n) is 19.2. The molecule has 4 heterocycles. The van der Waals surface area contributed by atoms with Gasteiger partial charge in [0.1, 0.15) is 5.69 Å². The highest BCUT2D eigenvalue weighted by Gasteiger charge is 2.26. The third-order valence-corrected chi connectivity index (χ3v) is 6.99. The summed E-state index contributed by atoms with van der Waals surface area (Å²) in [6, 6.07) is 20.9. The van der Waals surface area contributed by atoms with E-state index in [2.05, 4.69) is 25.5 Å². The summed E-state index contributed by atoms with van der Waals surface area (Å²) in [5, 5.41) is 18.2. The lowest BCUT2D eigenvalue weighted by molar-refractivity contribution is -0.125. The number of amides is 1. The summed E-state index contributed by atoms with van der Waals surface area (Å²) < 4.78 is 1.40. The van der Waals surface area contributed by atoms with E-state index >= 15 is 0 Å². The predicted molar refractivity (Wildman–Crippen MR) is 137 cm³/mol. The van der Waals surface area contributed by atoms with E-state index in [1.807, 2.05) is 60.0 Å². The third kappa shape index (κ3) is 5.46. The second-order valence-corrected chi connectivity index (χ2v) is 9.42. The second-order valence-electron chi connectivity index (χ2n) is 8.48. The molecule has 1 saturated heterocycles. The fourth-order valence-electron chi connectivity index (χ4n) is 4.25. The highest BCUT2D eigenvalue weighted by molar-refractivity contribution is 7.13. The lowest BCUT2D eigenvalue weighted by Crippen LogP contribution is -2.44. The van der Waals surface area contributed by atoms with Crippen LogP contribution < -0.4 is 15.8 Å². The Bertz CT molecular complexity index is 1320. The van der Waals surface area contributed by atoms with Gasteiger partial charge in [-0.25, -0.2) is 4.68 Å². The molecule has 1 fully saturated rings. The summed E-state index contributed by atoms with van der Waals surface area (Å²) in [5.74, 6) is 0.643. The third-order valence-electron chi connectivity index (χ3n) is 6.10. The van der Waals surface area contributed by atoms with Crippen molar-refractivity contribution >= 4 is 23.1 Å². The van der Waals surface area contributed by atoms with Crippen LogP contribution in [0.5, 0.6) is 0 Å². The molecule has 3 aromatic heterocycles. The average molecular weight is 487 g/mol. The van der Waals surface area contributed by atoms with E-state index in [9.17, 15) is 9.59 Å². The molecule has 1 aliphatic heterocycles. The Morgan fingerprint density at radius 3 is 2.63 bits per heavy atom. The average Bonchev–Trinajstić information content (AvgIpc) is 3.46. The van der Waals surface area contributed by atoms with Gasteiger partial charge in [-0.1, -0.05) is 36.4 Å². The molecule has 8 nitrogen and oxygen atoms in total. The summed E-state index contributed by atoms with van der Waals surface area (Å²) in [6.07, 6.45) is 1.73. The molecule has 0 saturated carbocycles. The van der Waals surface area contributed by atoms with E-state index in [4.69, 9.17) is 0 Å². The van der Waals surface area contributed by atoms with Gasteiger partial charge in [-0.15, -0.1) is 21.5 Å². The minimum Gasteiger partial charge on any atom is -0.354 e. The molecule has 1 unspecified atom stereocenters. The zero-order chi connectivity index (χ0) is 24.0. The van der Waals surface area contributed by atoms with Crippen LogP contribution in [0.25, 0.3) is 21.8 Å². The molecule has 1 N–H and O–H groups in total. The van der Waals surface area contributed by atoms with Crippen molar-refractivity contribution < 1.29 is 4.79 Å². The molecule has 35 heavy (non-hydrogen) atoms. The molecule has 1 atom stereocenters. The smallest absolute Gasteiger partial charge is 0.266 e. The summed E-state index contributed by atoms with van der Waals surface area (Å²) in [4.78, 5) is 28.3. The van der Waals surface area contributed by atoms with E-state index < -0.39 is 0 Å². The second kappa shape index (κ2) is 10.6. The van der Waals surface area contributed by atoms with Crippen molar-refractivity contribution in [2.24, 2.45) is 5.92 Å². The van der Waals surface area contributed by atoms with Crippen LogP contribution >= 0.6 is 11.3 Å². The number of nitrogens with zero attached hydrogens (tertiary/aromatic N) is 5. The molecule has 178 valence electrons. The number of thiophene rings is 1. The largest absolute Gasteiger partial charge is 0.354 e. The normalized spacial score (nSPS) is 15.7. The summed E-state index contributed by atoms with van der Waals surface area (Å²) in [5.41, 5.74) is 2.34. The standard InChI is InChI=1S/C26H26N6O2S/c33-25-13-11-21(19-6-2-1-3-7-19)30-32(25)16-14-27-26(34)20-8-4-15-31(18-20)24-12-10-22(28-29-24)23-9-5-17-35-23/h1-3,5-7,9-13,17,20H,4,8,14-16,18H2,(H,27,34). The van der Waals surface area contributed by atoms with Gasteiger partial charge in [0.15, 0.2) is 5.82 Å². The quantitative estimate of drug-likeness (QED) is 0.430. The maximum Gasteiger partial charge on any atom is 0.266 e. The van der Waals surface area contributed by atoms with Crippen LogP contribution in [0.3, 0.4) is 0 Å². The maximum absolute atomic E-state index is 12.9. The van der Waals surface area contributed by atoms with Crippen LogP contribution in [0, 0.1) is 5.92 Å². The van der Waals surface area contributed by atoms with Crippen LogP contribution in [0.15, 0.2) is 76.9 Å². The molecule has 0 radical (unpaired) electrons. The van der Waals surface area contributed by atoms with Crippen molar-refractivity contribution in [2.75, 3.05) is 24.5 Å². The number of aromatic nitrogens is 4. The van der Waals surface area contributed by atoms with Gasteiger partial charge in [-0.3, -0.25) is 9.59 Å². The number of benzene rings is 1. The van der Waals surface area contributed by atoms with Crippen LogP contribution in [-0.4, -0.2) is 45.5 Å². The molecule has 0 bridgehead atoms. The van der Waals surface area contributed by atoms with Crippen molar-refractivity contribution in [3.05, 3.63) is 82.5 Å².